The van der Waals surface area contributed by atoms with Crippen LogP contribution in [-0.2, 0) is 6.54 Å². The minimum atomic E-state index is -0.412. The zero-order valence-electron chi connectivity index (χ0n) is 11.3. The predicted molar refractivity (Wildman–Crippen MR) is 72.8 cm³/mol. The number of pyridine rings is 1. The molecule has 1 heterocycles. The molecular weight excluding hydrogens is 243 g/mol. The van der Waals surface area contributed by atoms with E-state index in [0.29, 0.717) is 11.4 Å². The number of aromatic nitrogens is 1. The van der Waals surface area contributed by atoms with Gasteiger partial charge in [0.25, 0.3) is 0 Å². The van der Waals surface area contributed by atoms with Crippen molar-refractivity contribution in [1.82, 2.24) is 4.98 Å². The Morgan fingerprint density at radius 1 is 1.21 bits per heavy atom. The summed E-state index contributed by atoms with van der Waals surface area (Å²) in [4.78, 5) is 3.98. The highest BCUT2D eigenvalue weighted by Crippen LogP contribution is 2.31. The molecule has 0 spiro atoms. The Bertz CT molecular complexity index is 611. The van der Waals surface area contributed by atoms with Crippen LogP contribution in [0.15, 0.2) is 24.4 Å². The lowest BCUT2D eigenvalue weighted by atomic mass is 10.1. The molecule has 19 heavy (non-hydrogen) atoms. The van der Waals surface area contributed by atoms with Crippen LogP contribution in [0.4, 0.5) is 4.39 Å². The van der Waals surface area contributed by atoms with Crippen LogP contribution < -0.4 is 10.5 Å². The van der Waals surface area contributed by atoms with Crippen molar-refractivity contribution < 1.29 is 9.13 Å². The van der Waals surface area contributed by atoms with E-state index in [9.17, 15) is 4.39 Å². The van der Waals surface area contributed by atoms with Gasteiger partial charge in [0.1, 0.15) is 11.6 Å². The Morgan fingerprint density at radius 3 is 2.58 bits per heavy atom. The van der Waals surface area contributed by atoms with Gasteiger partial charge in [-0.1, -0.05) is 12.1 Å². The molecule has 3 nitrogen and oxygen atoms in total. The first-order chi connectivity index (χ1) is 9.02. The van der Waals surface area contributed by atoms with E-state index in [0.717, 1.165) is 28.6 Å². The molecular formula is C15H17FN2O. The molecule has 0 amide bonds. The summed E-state index contributed by atoms with van der Waals surface area (Å²) in [5, 5.41) is 0. The van der Waals surface area contributed by atoms with E-state index in [4.69, 9.17) is 10.5 Å². The molecule has 0 unspecified atom stereocenters. The highest BCUT2D eigenvalue weighted by molar-refractivity contribution is 5.47. The van der Waals surface area contributed by atoms with Crippen molar-refractivity contribution in [2.75, 3.05) is 0 Å². The Labute approximate surface area is 112 Å². The van der Waals surface area contributed by atoms with E-state index in [1.54, 1.807) is 0 Å². The molecule has 0 radical (unpaired) electrons. The molecule has 0 aliphatic heterocycles. The molecule has 100 valence electrons. The third kappa shape index (κ3) is 2.74. The van der Waals surface area contributed by atoms with Gasteiger partial charge in [-0.3, -0.25) is 0 Å². The quantitative estimate of drug-likeness (QED) is 0.920. The van der Waals surface area contributed by atoms with Gasteiger partial charge in [0, 0.05) is 12.1 Å². The molecule has 0 saturated heterocycles. The van der Waals surface area contributed by atoms with Crippen LogP contribution >= 0.6 is 0 Å². The van der Waals surface area contributed by atoms with Gasteiger partial charge in [-0.2, -0.15) is 0 Å². The Morgan fingerprint density at radius 2 is 1.89 bits per heavy atom. The van der Waals surface area contributed by atoms with Gasteiger partial charge in [-0.15, -0.1) is 0 Å². The van der Waals surface area contributed by atoms with Crippen LogP contribution in [0.3, 0.4) is 0 Å². The molecule has 1 aromatic carbocycles. The minimum Gasteiger partial charge on any atom is -0.438 e. The van der Waals surface area contributed by atoms with Crippen molar-refractivity contribution in [3.8, 4) is 11.6 Å². The maximum Gasteiger partial charge on any atom is 0.223 e. The summed E-state index contributed by atoms with van der Waals surface area (Å²) in [6, 6.07) is 5.38. The van der Waals surface area contributed by atoms with Crippen LogP contribution in [-0.4, -0.2) is 4.98 Å². The summed E-state index contributed by atoms with van der Waals surface area (Å²) >= 11 is 0. The zero-order valence-corrected chi connectivity index (χ0v) is 11.3. The van der Waals surface area contributed by atoms with Crippen LogP contribution in [0.5, 0.6) is 11.6 Å². The topological polar surface area (TPSA) is 48.1 Å². The van der Waals surface area contributed by atoms with E-state index < -0.39 is 5.82 Å². The number of nitrogens with zero attached hydrogens (tertiary/aromatic N) is 1. The van der Waals surface area contributed by atoms with Gasteiger partial charge in [-0.05, 0) is 43.5 Å². The molecule has 2 N–H and O–H groups in total. The van der Waals surface area contributed by atoms with Gasteiger partial charge in [0.2, 0.25) is 5.88 Å². The molecule has 0 aliphatic rings. The average molecular weight is 260 g/mol. The maximum absolute atomic E-state index is 13.1. The molecule has 0 atom stereocenters. The van der Waals surface area contributed by atoms with Crippen molar-refractivity contribution in [1.29, 1.82) is 0 Å². The first-order valence-electron chi connectivity index (χ1n) is 6.12. The lowest BCUT2D eigenvalue weighted by molar-refractivity contribution is 0.445. The SMILES string of the molecule is Cc1ccc(C)c(Oc2ncc(F)cc2CN)c1C. The first-order valence-corrected chi connectivity index (χ1v) is 6.12. The minimum absolute atomic E-state index is 0.185. The van der Waals surface area contributed by atoms with Gasteiger partial charge in [0.15, 0.2) is 0 Å². The highest BCUT2D eigenvalue weighted by Gasteiger charge is 2.12. The molecule has 2 aromatic rings. The summed E-state index contributed by atoms with van der Waals surface area (Å²) in [5.74, 6) is 0.708. The lowest BCUT2D eigenvalue weighted by Crippen LogP contribution is -2.03. The standard InChI is InChI=1S/C15H17FN2O/c1-9-4-5-10(2)14(11(9)3)19-15-12(7-17)6-13(16)8-18-15/h4-6,8H,7,17H2,1-3H3. The third-order valence-corrected chi connectivity index (χ3v) is 3.18. The normalized spacial score (nSPS) is 10.6. The second kappa shape index (κ2) is 5.36. The number of rotatable bonds is 3. The predicted octanol–water partition coefficient (Wildman–Crippen LogP) is 3.40. The molecule has 4 heteroatoms. The molecule has 0 saturated carbocycles. The highest BCUT2D eigenvalue weighted by atomic mass is 19.1. The van der Waals surface area contributed by atoms with E-state index in [-0.39, 0.29) is 6.54 Å². The van der Waals surface area contributed by atoms with Gasteiger partial charge >= 0.3 is 0 Å². The van der Waals surface area contributed by atoms with Crippen molar-refractivity contribution in [3.63, 3.8) is 0 Å². The number of halogens is 1. The van der Waals surface area contributed by atoms with Crippen LogP contribution in [0, 0.1) is 26.6 Å². The second-order valence-electron chi connectivity index (χ2n) is 4.58. The van der Waals surface area contributed by atoms with Crippen LogP contribution in [0.2, 0.25) is 0 Å². The zero-order chi connectivity index (χ0) is 14.0. The fourth-order valence-electron chi connectivity index (χ4n) is 1.89. The van der Waals surface area contributed by atoms with Crippen molar-refractivity contribution >= 4 is 0 Å². The van der Waals surface area contributed by atoms with E-state index in [2.05, 4.69) is 4.98 Å². The Balaban J connectivity index is 2.44. The first kappa shape index (κ1) is 13.5. The molecule has 0 fully saturated rings. The van der Waals surface area contributed by atoms with Gasteiger partial charge in [-0.25, -0.2) is 9.37 Å². The molecule has 2 rings (SSSR count). The smallest absolute Gasteiger partial charge is 0.223 e. The Hall–Kier alpha value is -1.94. The number of aryl methyl sites for hydroxylation is 2. The van der Waals surface area contributed by atoms with Crippen LogP contribution in [0.25, 0.3) is 0 Å². The van der Waals surface area contributed by atoms with E-state index in [1.165, 1.54) is 6.07 Å². The summed E-state index contributed by atoms with van der Waals surface area (Å²) in [6.07, 6.45) is 1.13. The van der Waals surface area contributed by atoms with Crippen LogP contribution in [0.1, 0.15) is 22.3 Å². The molecule has 1 aromatic heterocycles. The van der Waals surface area contributed by atoms with Crippen molar-refractivity contribution in [2.24, 2.45) is 5.73 Å². The van der Waals surface area contributed by atoms with Crippen molar-refractivity contribution in [2.45, 2.75) is 27.3 Å². The largest absolute Gasteiger partial charge is 0.438 e. The number of ether oxygens (including phenoxy) is 1. The third-order valence-electron chi connectivity index (χ3n) is 3.18. The molecule has 0 bridgehead atoms. The Kier molecular flexibility index (Phi) is 3.81. The van der Waals surface area contributed by atoms with E-state index >= 15 is 0 Å². The summed E-state index contributed by atoms with van der Waals surface area (Å²) < 4.78 is 19.0. The number of nitrogens with two attached hydrogens (primary N) is 1. The fraction of sp³-hybridized carbons (Fsp3) is 0.267. The number of benzene rings is 1. The van der Waals surface area contributed by atoms with Gasteiger partial charge < -0.3 is 10.5 Å². The fourth-order valence-corrected chi connectivity index (χ4v) is 1.89. The maximum atomic E-state index is 13.1. The monoisotopic (exact) mass is 260 g/mol. The van der Waals surface area contributed by atoms with E-state index in [1.807, 2.05) is 32.9 Å². The lowest BCUT2D eigenvalue weighted by Gasteiger charge is -2.14. The summed E-state index contributed by atoms with van der Waals surface area (Å²) in [5.41, 5.74) is 9.35. The number of hydrogen-bond acceptors (Lipinski definition) is 3. The number of hydrogen-bond donors (Lipinski definition) is 1. The van der Waals surface area contributed by atoms with Gasteiger partial charge in [0.05, 0.1) is 6.20 Å². The second-order valence-corrected chi connectivity index (χ2v) is 4.58. The summed E-state index contributed by atoms with van der Waals surface area (Å²) in [6.45, 7) is 6.16. The van der Waals surface area contributed by atoms with Crippen molar-refractivity contribution in [3.05, 3.63) is 52.5 Å². The molecule has 0 aliphatic carbocycles. The summed E-state index contributed by atoms with van der Waals surface area (Å²) in [7, 11) is 0. The average Bonchev–Trinajstić information content (AvgIpc) is 2.40.